The number of hydrogen-bond acceptors (Lipinski definition) is 4. The molecule has 0 aliphatic rings. The van der Waals surface area contributed by atoms with E-state index < -0.39 is 0 Å². The fourth-order valence-electron chi connectivity index (χ4n) is 0.957. The van der Waals surface area contributed by atoms with Crippen LogP contribution in [0.1, 0.15) is 14.5 Å². The predicted molar refractivity (Wildman–Crippen MR) is 62.9 cm³/mol. The van der Waals surface area contributed by atoms with Crippen molar-refractivity contribution in [1.29, 1.82) is 0 Å². The highest BCUT2D eigenvalue weighted by Gasteiger charge is 2.06. The maximum absolute atomic E-state index is 11.2. The minimum atomic E-state index is -0.00919. The highest BCUT2D eigenvalue weighted by Crippen LogP contribution is 2.21. The van der Waals surface area contributed by atoms with Crippen LogP contribution in [0.2, 0.25) is 0 Å². The predicted octanol–water partition coefficient (Wildman–Crippen LogP) is 1.30. The Bertz CT molecular complexity index is 299. The molecule has 0 aliphatic carbocycles. The van der Waals surface area contributed by atoms with Gasteiger partial charge in [0.1, 0.15) is 0 Å². The molecule has 1 aromatic heterocycles. The zero-order valence-electron chi connectivity index (χ0n) is 8.08. The monoisotopic (exact) mass is 230 g/mol. The summed E-state index contributed by atoms with van der Waals surface area (Å²) < 4.78 is 0. The lowest BCUT2D eigenvalue weighted by atomic mass is 10.4. The second-order valence-corrected chi connectivity index (χ2v) is 4.96. The number of rotatable bonds is 5. The summed E-state index contributed by atoms with van der Waals surface area (Å²) in [6, 6.07) is 3.86. The van der Waals surface area contributed by atoms with E-state index in [1.165, 1.54) is 4.88 Å². The molecular weight excluding hydrogens is 216 g/mol. The summed E-state index contributed by atoms with van der Waals surface area (Å²) in [4.78, 5) is 13.2. The van der Waals surface area contributed by atoms with E-state index in [0.29, 0.717) is 6.54 Å². The number of hydrogen-bond donors (Lipinski definition) is 2. The molecule has 3 N–H and O–H groups in total. The minimum absolute atomic E-state index is 0.00919. The summed E-state index contributed by atoms with van der Waals surface area (Å²) in [5, 5.41) is 2.61. The molecule has 1 rings (SSSR count). The molecule has 1 amide bonds. The first-order chi connectivity index (χ1) is 6.77. The fourth-order valence-corrected chi connectivity index (χ4v) is 2.80. The van der Waals surface area contributed by atoms with Crippen molar-refractivity contribution in [3.8, 4) is 0 Å². The van der Waals surface area contributed by atoms with E-state index in [9.17, 15) is 4.79 Å². The average molecular weight is 230 g/mol. The lowest BCUT2D eigenvalue weighted by Crippen LogP contribution is -2.15. The van der Waals surface area contributed by atoms with Gasteiger partial charge in [0.2, 0.25) is 0 Å². The second-order valence-electron chi connectivity index (χ2n) is 2.69. The van der Waals surface area contributed by atoms with Gasteiger partial charge in [-0.05, 0) is 12.1 Å². The Labute approximate surface area is 92.1 Å². The van der Waals surface area contributed by atoms with Crippen LogP contribution in [-0.2, 0) is 5.75 Å². The summed E-state index contributed by atoms with van der Waals surface area (Å²) in [5.41, 5.74) is 5.39. The third-order valence-corrected chi connectivity index (χ3v) is 3.93. The van der Waals surface area contributed by atoms with E-state index >= 15 is 0 Å². The highest BCUT2D eigenvalue weighted by atomic mass is 32.2. The molecule has 0 saturated carbocycles. The zero-order valence-corrected chi connectivity index (χ0v) is 9.71. The summed E-state index contributed by atoms with van der Waals surface area (Å²) in [7, 11) is 1.64. The molecule has 0 saturated heterocycles. The Morgan fingerprint density at radius 3 is 3.07 bits per heavy atom. The number of thiophene rings is 1. The van der Waals surface area contributed by atoms with Crippen LogP contribution < -0.4 is 11.1 Å². The molecule has 0 spiro atoms. The molecule has 0 atom stereocenters. The fraction of sp³-hybridized carbons (Fsp3) is 0.444. The van der Waals surface area contributed by atoms with Gasteiger partial charge in [0, 0.05) is 30.0 Å². The van der Waals surface area contributed by atoms with Crippen molar-refractivity contribution in [1.82, 2.24) is 5.32 Å². The highest BCUT2D eigenvalue weighted by molar-refractivity contribution is 7.98. The van der Waals surface area contributed by atoms with E-state index in [1.807, 2.05) is 12.1 Å². The van der Waals surface area contributed by atoms with Gasteiger partial charge in [-0.15, -0.1) is 11.3 Å². The van der Waals surface area contributed by atoms with Crippen molar-refractivity contribution in [2.45, 2.75) is 5.75 Å². The molecule has 78 valence electrons. The van der Waals surface area contributed by atoms with Crippen molar-refractivity contribution in [2.75, 3.05) is 19.3 Å². The van der Waals surface area contributed by atoms with Gasteiger partial charge >= 0.3 is 0 Å². The summed E-state index contributed by atoms with van der Waals surface area (Å²) in [5.74, 6) is 1.90. The Morgan fingerprint density at radius 1 is 1.64 bits per heavy atom. The lowest BCUT2D eigenvalue weighted by Gasteiger charge is -1.95. The van der Waals surface area contributed by atoms with Crippen LogP contribution in [0.15, 0.2) is 12.1 Å². The molecule has 14 heavy (non-hydrogen) atoms. The van der Waals surface area contributed by atoms with Crippen LogP contribution in [0.4, 0.5) is 0 Å². The van der Waals surface area contributed by atoms with Crippen molar-refractivity contribution < 1.29 is 4.79 Å². The van der Waals surface area contributed by atoms with E-state index in [0.717, 1.165) is 16.4 Å². The molecule has 0 fully saturated rings. The number of carbonyl (C=O) groups is 1. The van der Waals surface area contributed by atoms with Gasteiger partial charge in [-0.25, -0.2) is 0 Å². The van der Waals surface area contributed by atoms with E-state index in [1.54, 1.807) is 30.1 Å². The maximum atomic E-state index is 11.2. The Kier molecular flexibility index (Phi) is 5.00. The Balaban J connectivity index is 2.46. The van der Waals surface area contributed by atoms with Crippen molar-refractivity contribution in [3.05, 3.63) is 21.9 Å². The minimum Gasteiger partial charge on any atom is -0.354 e. The molecule has 1 heterocycles. The van der Waals surface area contributed by atoms with Gasteiger partial charge in [-0.2, -0.15) is 11.8 Å². The smallest absolute Gasteiger partial charge is 0.261 e. The summed E-state index contributed by atoms with van der Waals surface area (Å²) >= 11 is 3.34. The molecule has 0 radical (unpaired) electrons. The maximum Gasteiger partial charge on any atom is 0.261 e. The van der Waals surface area contributed by atoms with Crippen molar-refractivity contribution in [3.63, 3.8) is 0 Å². The van der Waals surface area contributed by atoms with Crippen LogP contribution >= 0.6 is 23.1 Å². The van der Waals surface area contributed by atoms with Crippen molar-refractivity contribution in [2.24, 2.45) is 5.73 Å². The number of nitrogens with one attached hydrogen (secondary N) is 1. The van der Waals surface area contributed by atoms with E-state index in [2.05, 4.69) is 5.32 Å². The number of amides is 1. The molecule has 0 bridgehead atoms. The van der Waals surface area contributed by atoms with Gasteiger partial charge in [0.05, 0.1) is 4.88 Å². The third-order valence-electron chi connectivity index (χ3n) is 1.62. The van der Waals surface area contributed by atoms with Gasteiger partial charge in [-0.1, -0.05) is 0 Å². The quantitative estimate of drug-likeness (QED) is 0.750. The van der Waals surface area contributed by atoms with Gasteiger partial charge in [0.25, 0.3) is 5.91 Å². The van der Waals surface area contributed by atoms with Crippen LogP contribution in [0.5, 0.6) is 0 Å². The standard InChI is InChI=1S/C9H14N2OS2/c1-11-9(12)8-3-2-7(14-8)6-13-5-4-10/h2-3H,4-6,10H2,1H3,(H,11,12). The Hall–Kier alpha value is -0.520. The molecule has 3 nitrogen and oxygen atoms in total. The first-order valence-corrected chi connectivity index (χ1v) is 6.33. The molecule has 5 heteroatoms. The first kappa shape index (κ1) is 11.6. The second kappa shape index (κ2) is 6.06. The molecule has 0 unspecified atom stereocenters. The van der Waals surface area contributed by atoms with Gasteiger partial charge < -0.3 is 11.1 Å². The van der Waals surface area contributed by atoms with Crippen LogP contribution in [-0.4, -0.2) is 25.3 Å². The van der Waals surface area contributed by atoms with Gasteiger partial charge in [-0.3, -0.25) is 4.79 Å². The first-order valence-electron chi connectivity index (χ1n) is 4.36. The zero-order chi connectivity index (χ0) is 10.4. The third kappa shape index (κ3) is 3.32. The van der Waals surface area contributed by atoms with Crippen LogP contribution in [0.25, 0.3) is 0 Å². The number of thioether (sulfide) groups is 1. The summed E-state index contributed by atoms with van der Waals surface area (Å²) in [6.45, 7) is 0.707. The largest absolute Gasteiger partial charge is 0.354 e. The van der Waals surface area contributed by atoms with Gasteiger partial charge in [0.15, 0.2) is 0 Å². The molecule has 0 aliphatic heterocycles. The molecular formula is C9H14N2OS2. The molecule has 1 aromatic rings. The normalized spacial score (nSPS) is 10.1. The summed E-state index contributed by atoms with van der Waals surface area (Å²) in [6.07, 6.45) is 0. The molecule has 0 aromatic carbocycles. The van der Waals surface area contributed by atoms with Crippen LogP contribution in [0.3, 0.4) is 0 Å². The van der Waals surface area contributed by atoms with Crippen LogP contribution in [0, 0.1) is 0 Å². The van der Waals surface area contributed by atoms with Crippen molar-refractivity contribution >= 4 is 29.0 Å². The number of carbonyl (C=O) groups excluding carboxylic acids is 1. The SMILES string of the molecule is CNC(=O)c1ccc(CSCCN)s1. The Morgan fingerprint density at radius 2 is 2.43 bits per heavy atom. The lowest BCUT2D eigenvalue weighted by molar-refractivity contribution is 0.0967. The van der Waals surface area contributed by atoms with E-state index in [-0.39, 0.29) is 5.91 Å². The topological polar surface area (TPSA) is 55.1 Å². The van der Waals surface area contributed by atoms with E-state index in [4.69, 9.17) is 5.73 Å². The average Bonchev–Trinajstić information content (AvgIpc) is 2.66. The number of nitrogens with two attached hydrogens (primary N) is 1.